The average Bonchev–Trinajstić information content (AvgIpc) is 2.93. The second-order valence-corrected chi connectivity index (χ2v) is 6.54. The lowest BCUT2D eigenvalue weighted by Gasteiger charge is -2.17. The Morgan fingerprint density at radius 2 is 1.92 bits per heavy atom. The molecule has 2 aromatic rings. The predicted octanol–water partition coefficient (Wildman–Crippen LogP) is 3.64. The van der Waals surface area contributed by atoms with Crippen molar-refractivity contribution in [2.45, 2.75) is 19.9 Å². The van der Waals surface area contributed by atoms with Gasteiger partial charge in [-0.1, -0.05) is 53.6 Å². The molecule has 0 unspecified atom stereocenters. The zero-order valence-corrected chi connectivity index (χ0v) is 14.2. The van der Waals surface area contributed by atoms with E-state index in [0.29, 0.717) is 23.8 Å². The van der Waals surface area contributed by atoms with Gasteiger partial charge >= 0.3 is 0 Å². The van der Waals surface area contributed by atoms with Gasteiger partial charge in [-0.3, -0.25) is 9.59 Å². The van der Waals surface area contributed by atoms with Crippen LogP contribution in [0.15, 0.2) is 48.5 Å². The summed E-state index contributed by atoms with van der Waals surface area (Å²) in [7, 11) is 0. The molecule has 2 amide bonds. The molecule has 0 bridgehead atoms. The normalized spacial score (nSPS) is 17.2. The summed E-state index contributed by atoms with van der Waals surface area (Å²) in [5, 5.41) is 3.31. The smallest absolute Gasteiger partial charge is 0.229 e. The lowest BCUT2D eigenvalue weighted by Crippen LogP contribution is -2.28. The average molecular weight is 343 g/mol. The van der Waals surface area contributed by atoms with E-state index in [0.717, 1.165) is 5.56 Å². The second kappa shape index (κ2) is 7.05. The lowest BCUT2D eigenvalue weighted by atomic mass is 10.1. The molecular formula is C19H19ClN2O2. The van der Waals surface area contributed by atoms with Gasteiger partial charge in [-0.05, 0) is 24.6 Å². The molecule has 0 radical (unpaired) electrons. The van der Waals surface area contributed by atoms with E-state index in [1.807, 2.05) is 37.3 Å². The van der Waals surface area contributed by atoms with Crippen LogP contribution in [0, 0.1) is 12.8 Å². The minimum absolute atomic E-state index is 0.00915. The van der Waals surface area contributed by atoms with E-state index in [2.05, 4.69) is 5.32 Å². The highest BCUT2D eigenvalue weighted by molar-refractivity contribution is 6.33. The lowest BCUT2D eigenvalue weighted by molar-refractivity contribution is -0.128. The third-order valence-corrected chi connectivity index (χ3v) is 4.54. The predicted molar refractivity (Wildman–Crippen MR) is 94.8 cm³/mol. The van der Waals surface area contributed by atoms with Gasteiger partial charge in [-0.15, -0.1) is 0 Å². The summed E-state index contributed by atoms with van der Waals surface area (Å²) >= 11 is 6.06. The molecule has 1 heterocycles. The maximum atomic E-state index is 12.4. The number of rotatable bonds is 4. The maximum Gasteiger partial charge on any atom is 0.229 e. The van der Waals surface area contributed by atoms with Gasteiger partial charge in [0.25, 0.3) is 0 Å². The van der Waals surface area contributed by atoms with Gasteiger partial charge in [-0.25, -0.2) is 0 Å². The van der Waals surface area contributed by atoms with Crippen LogP contribution in [0.3, 0.4) is 0 Å². The van der Waals surface area contributed by atoms with Crippen molar-refractivity contribution in [3.05, 3.63) is 64.7 Å². The number of likely N-dealkylation sites (tertiary alicyclic amines) is 1. The Morgan fingerprint density at radius 3 is 2.62 bits per heavy atom. The van der Waals surface area contributed by atoms with Gasteiger partial charge in [0, 0.05) is 19.5 Å². The van der Waals surface area contributed by atoms with E-state index < -0.39 is 0 Å². The molecule has 0 aromatic heterocycles. The number of hydrogen-bond acceptors (Lipinski definition) is 2. The SMILES string of the molecule is Cc1ccc(CN2C[C@@H](C(=O)Nc3ccccc3Cl)CC2=O)cc1. The van der Waals surface area contributed by atoms with E-state index in [1.54, 1.807) is 23.1 Å². The van der Waals surface area contributed by atoms with Crippen LogP contribution in [0.1, 0.15) is 17.5 Å². The molecule has 1 atom stereocenters. The zero-order chi connectivity index (χ0) is 17.1. The largest absolute Gasteiger partial charge is 0.338 e. The van der Waals surface area contributed by atoms with Crippen LogP contribution in [0.5, 0.6) is 0 Å². The molecule has 4 nitrogen and oxygen atoms in total. The molecule has 0 spiro atoms. The number of aryl methyl sites for hydroxylation is 1. The van der Waals surface area contributed by atoms with Crippen molar-refractivity contribution in [1.82, 2.24) is 4.90 Å². The fourth-order valence-corrected chi connectivity index (χ4v) is 2.99. The Bertz CT molecular complexity index is 758. The minimum atomic E-state index is -0.348. The Kier molecular flexibility index (Phi) is 4.86. The summed E-state index contributed by atoms with van der Waals surface area (Å²) in [5.41, 5.74) is 2.83. The topological polar surface area (TPSA) is 49.4 Å². The van der Waals surface area contributed by atoms with Gasteiger partial charge in [0.2, 0.25) is 11.8 Å². The minimum Gasteiger partial charge on any atom is -0.338 e. The van der Waals surface area contributed by atoms with E-state index in [4.69, 9.17) is 11.6 Å². The number of nitrogens with one attached hydrogen (secondary N) is 1. The van der Waals surface area contributed by atoms with Crippen molar-refractivity contribution in [1.29, 1.82) is 0 Å². The van der Waals surface area contributed by atoms with Crippen LogP contribution in [-0.4, -0.2) is 23.3 Å². The number of amides is 2. The maximum absolute atomic E-state index is 12.4. The monoisotopic (exact) mass is 342 g/mol. The first-order valence-corrected chi connectivity index (χ1v) is 8.29. The van der Waals surface area contributed by atoms with Crippen molar-refractivity contribution in [3.8, 4) is 0 Å². The standard InChI is InChI=1S/C19H19ClN2O2/c1-13-6-8-14(9-7-13)11-22-12-15(10-18(22)23)19(24)21-17-5-3-2-4-16(17)20/h2-9,15H,10-12H2,1H3,(H,21,24)/t15-/m0/s1. The Hall–Kier alpha value is -2.33. The van der Waals surface area contributed by atoms with Gasteiger partial charge in [-0.2, -0.15) is 0 Å². The highest BCUT2D eigenvalue weighted by Gasteiger charge is 2.34. The highest BCUT2D eigenvalue weighted by atomic mass is 35.5. The van der Waals surface area contributed by atoms with Crippen molar-refractivity contribution < 1.29 is 9.59 Å². The van der Waals surface area contributed by atoms with Crippen LogP contribution >= 0.6 is 11.6 Å². The van der Waals surface area contributed by atoms with Crippen molar-refractivity contribution in [2.24, 2.45) is 5.92 Å². The molecular weight excluding hydrogens is 324 g/mol. The van der Waals surface area contributed by atoms with Gasteiger partial charge in [0.1, 0.15) is 0 Å². The fraction of sp³-hybridized carbons (Fsp3) is 0.263. The molecule has 0 aliphatic carbocycles. The first kappa shape index (κ1) is 16.5. The van der Waals surface area contributed by atoms with E-state index >= 15 is 0 Å². The van der Waals surface area contributed by atoms with Gasteiger partial charge in [0.15, 0.2) is 0 Å². The van der Waals surface area contributed by atoms with Crippen LogP contribution in [0.4, 0.5) is 5.69 Å². The quantitative estimate of drug-likeness (QED) is 0.922. The number of benzene rings is 2. The second-order valence-electron chi connectivity index (χ2n) is 6.13. The number of carbonyl (C=O) groups excluding carboxylic acids is 2. The van der Waals surface area contributed by atoms with Crippen LogP contribution in [0.2, 0.25) is 5.02 Å². The Labute approximate surface area is 146 Å². The van der Waals surface area contributed by atoms with E-state index in [-0.39, 0.29) is 24.2 Å². The molecule has 5 heteroatoms. The number of nitrogens with zero attached hydrogens (tertiary/aromatic N) is 1. The number of para-hydroxylation sites is 1. The fourth-order valence-electron chi connectivity index (χ4n) is 2.81. The Morgan fingerprint density at radius 1 is 1.21 bits per heavy atom. The third kappa shape index (κ3) is 3.77. The molecule has 1 N–H and O–H groups in total. The molecule has 1 saturated heterocycles. The Balaban J connectivity index is 1.62. The highest BCUT2D eigenvalue weighted by Crippen LogP contribution is 2.25. The first-order valence-electron chi connectivity index (χ1n) is 7.91. The van der Waals surface area contributed by atoms with Gasteiger partial charge in [0.05, 0.1) is 16.6 Å². The molecule has 24 heavy (non-hydrogen) atoms. The van der Waals surface area contributed by atoms with E-state index in [1.165, 1.54) is 5.56 Å². The van der Waals surface area contributed by atoms with Crippen molar-refractivity contribution in [2.75, 3.05) is 11.9 Å². The number of anilines is 1. The molecule has 1 aliphatic rings. The van der Waals surface area contributed by atoms with Crippen molar-refractivity contribution >= 4 is 29.1 Å². The number of halogens is 1. The molecule has 3 rings (SSSR count). The zero-order valence-electron chi connectivity index (χ0n) is 13.5. The third-order valence-electron chi connectivity index (χ3n) is 4.21. The van der Waals surface area contributed by atoms with E-state index in [9.17, 15) is 9.59 Å². The molecule has 2 aromatic carbocycles. The summed E-state index contributed by atoms with van der Waals surface area (Å²) in [4.78, 5) is 26.3. The molecule has 0 saturated carbocycles. The van der Waals surface area contributed by atoms with Crippen LogP contribution in [0.25, 0.3) is 0 Å². The summed E-state index contributed by atoms with van der Waals surface area (Å²) in [6.07, 6.45) is 0.238. The summed E-state index contributed by atoms with van der Waals surface area (Å²) in [6.45, 7) is 3.00. The summed E-state index contributed by atoms with van der Waals surface area (Å²) in [5.74, 6) is -0.503. The molecule has 1 aliphatic heterocycles. The number of hydrogen-bond donors (Lipinski definition) is 1. The van der Waals surface area contributed by atoms with Crippen molar-refractivity contribution in [3.63, 3.8) is 0 Å². The summed E-state index contributed by atoms with van der Waals surface area (Å²) < 4.78 is 0. The molecule has 124 valence electrons. The number of carbonyl (C=O) groups is 2. The van der Waals surface area contributed by atoms with Gasteiger partial charge < -0.3 is 10.2 Å². The van der Waals surface area contributed by atoms with Crippen LogP contribution in [-0.2, 0) is 16.1 Å². The van der Waals surface area contributed by atoms with Crippen LogP contribution < -0.4 is 5.32 Å². The first-order chi connectivity index (χ1) is 11.5. The summed E-state index contributed by atoms with van der Waals surface area (Å²) in [6, 6.07) is 15.2. The molecule has 1 fully saturated rings.